The first-order valence-electron chi connectivity index (χ1n) is 10.3. The van der Waals surface area contributed by atoms with Crippen molar-refractivity contribution in [2.45, 2.75) is 57.6 Å². The highest BCUT2D eigenvalue weighted by Gasteiger charge is 2.16. The summed E-state index contributed by atoms with van der Waals surface area (Å²) in [7, 11) is 0. The molecule has 1 aliphatic heterocycles. The summed E-state index contributed by atoms with van der Waals surface area (Å²) in [6, 6.07) is 12.7. The summed E-state index contributed by atoms with van der Waals surface area (Å²) in [6.07, 6.45) is 8.81. The van der Waals surface area contributed by atoms with Crippen LogP contribution in [-0.2, 0) is 19.4 Å². The van der Waals surface area contributed by atoms with Crippen LogP contribution in [0.2, 0.25) is 5.02 Å². The van der Waals surface area contributed by atoms with Crippen LogP contribution in [0.1, 0.15) is 48.8 Å². The van der Waals surface area contributed by atoms with Crippen molar-refractivity contribution in [1.29, 1.82) is 0 Å². The Morgan fingerprint density at radius 1 is 0.963 bits per heavy atom. The lowest BCUT2D eigenvalue weighted by atomic mass is 9.98. The summed E-state index contributed by atoms with van der Waals surface area (Å²) in [5.74, 6) is 0.989. The van der Waals surface area contributed by atoms with Crippen molar-refractivity contribution >= 4 is 17.3 Å². The molecule has 0 bridgehead atoms. The number of hydrogen-bond donors (Lipinski definition) is 2. The van der Waals surface area contributed by atoms with Crippen LogP contribution in [0.5, 0.6) is 5.75 Å². The first kappa shape index (κ1) is 18.6. The van der Waals surface area contributed by atoms with Gasteiger partial charge in [0.2, 0.25) is 0 Å². The van der Waals surface area contributed by atoms with Gasteiger partial charge in [0, 0.05) is 6.54 Å². The normalized spacial score (nSPS) is 17.8. The molecule has 2 aliphatic rings. The Kier molecular flexibility index (Phi) is 6.21. The van der Waals surface area contributed by atoms with Gasteiger partial charge in [0.25, 0.3) is 0 Å². The van der Waals surface area contributed by atoms with Gasteiger partial charge in [-0.2, -0.15) is 0 Å². The SMILES string of the molecule is Clc1ccc2c(c1NCc1ccc(OC3CCCCC3)cc1)CCNCC2. The lowest BCUT2D eigenvalue weighted by molar-refractivity contribution is 0.155. The van der Waals surface area contributed by atoms with Gasteiger partial charge in [-0.3, -0.25) is 0 Å². The number of anilines is 1. The van der Waals surface area contributed by atoms with E-state index in [1.807, 2.05) is 6.07 Å². The van der Waals surface area contributed by atoms with Gasteiger partial charge >= 0.3 is 0 Å². The number of hydrogen-bond acceptors (Lipinski definition) is 3. The van der Waals surface area contributed by atoms with Crippen LogP contribution in [0.4, 0.5) is 5.69 Å². The van der Waals surface area contributed by atoms with E-state index in [0.29, 0.717) is 6.10 Å². The van der Waals surface area contributed by atoms with E-state index in [1.54, 1.807) is 0 Å². The summed E-state index contributed by atoms with van der Waals surface area (Å²) < 4.78 is 6.13. The van der Waals surface area contributed by atoms with E-state index in [1.165, 1.54) is 48.8 Å². The Balaban J connectivity index is 1.40. The predicted molar refractivity (Wildman–Crippen MR) is 113 cm³/mol. The van der Waals surface area contributed by atoms with E-state index in [0.717, 1.165) is 48.9 Å². The van der Waals surface area contributed by atoms with Gasteiger partial charge in [-0.15, -0.1) is 0 Å². The molecule has 0 saturated heterocycles. The van der Waals surface area contributed by atoms with E-state index in [-0.39, 0.29) is 0 Å². The fourth-order valence-corrected chi connectivity index (χ4v) is 4.43. The molecule has 1 heterocycles. The second kappa shape index (κ2) is 8.99. The maximum Gasteiger partial charge on any atom is 0.119 e. The Hall–Kier alpha value is -1.71. The molecule has 1 saturated carbocycles. The lowest BCUT2D eigenvalue weighted by Crippen LogP contribution is -2.19. The fourth-order valence-electron chi connectivity index (χ4n) is 4.19. The van der Waals surface area contributed by atoms with E-state index in [4.69, 9.17) is 16.3 Å². The van der Waals surface area contributed by atoms with Crippen LogP contribution >= 0.6 is 11.6 Å². The Morgan fingerprint density at radius 3 is 2.56 bits per heavy atom. The molecule has 2 N–H and O–H groups in total. The molecule has 3 nitrogen and oxygen atoms in total. The number of rotatable bonds is 5. The van der Waals surface area contributed by atoms with Crippen molar-refractivity contribution in [1.82, 2.24) is 5.32 Å². The van der Waals surface area contributed by atoms with Crippen molar-refractivity contribution < 1.29 is 4.74 Å². The number of benzene rings is 2. The zero-order valence-electron chi connectivity index (χ0n) is 15.9. The molecule has 0 aromatic heterocycles. The van der Waals surface area contributed by atoms with Gasteiger partial charge in [-0.25, -0.2) is 0 Å². The van der Waals surface area contributed by atoms with Gasteiger partial charge in [-0.05, 0) is 86.5 Å². The van der Waals surface area contributed by atoms with Gasteiger partial charge in [-0.1, -0.05) is 36.2 Å². The highest BCUT2D eigenvalue weighted by Crippen LogP contribution is 2.31. The number of ether oxygens (including phenoxy) is 1. The van der Waals surface area contributed by atoms with Crippen molar-refractivity contribution in [2.75, 3.05) is 18.4 Å². The second-order valence-electron chi connectivity index (χ2n) is 7.69. The third-order valence-electron chi connectivity index (χ3n) is 5.73. The quantitative estimate of drug-likeness (QED) is 0.728. The van der Waals surface area contributed by atoms with Crippen LogP contribution in [-0.4, -0.2) is 19.2 Å². The number of nitrogens with one attached hydrogen (secondary N) is 2. The molecule has 27 heavy (non-hydrogen) atoms. The standard InChI is InChI=1S/C23H29ClN2O/c24-22-11-8-18-12-14-25-15-13-21(18)23(22)26-16-17-6-9-20(10-7-17)27-19-4-2-1-3-5-19/h6-11,19,25-26H,1-5,12-16H2. The van der Waals surface area contributed by atoms with E-state index < -0.39 is 0 Å². The summed E-state index contributed by atoms with van der Waals surface area (Å²) >= 11 is 6.51. The van der Waals surface area contributed by atoms with Crippen molar-refractivity contribution in [3.63, 3.8) is 0 Å². The van der Waals surface area contributed by atoms with Gasteiger partial charge in [0.05, 0.1) is 16.8 Å². The Bertz CT molecular complexity index is 754. The minimum absolute atomic E-state index is 0.398. The molecule has 144 valence electrons. The average Bonchev–Trinajstić information content (AvgIpc) is 2.95. The predicted octanol–water partition coefficient (Wildman–Crippen LogP) is 5.35. The molecule has 2 aromatic carbocycles. The number of fused-ring (bicyclic) bond motifs is 1. The Morgan fingerprint density at radius 2 is 1.74 bits per heavy atom. The minimum Gasteiger partial charge on any atom is -0.490 e. The molecule has 0 atom stereocenters. The van der Waals surface area contributed by atoms with Gasteiger partial charge in [0.1, 0.15) is 5.75 Å². The van der Waals surface area contributed by atoms with Crippen LogP contribution in [0.15, 0.2) is 36.4 Å². The summed E-state index contributed by atoms with van der Waals surface area (Å²) in [6.45, 7) is 2.82. The van der Waals surface area contributed by atoms with Crippen molar-refractivity contribution in [3.05, 3.63) is 58.1 Å². The zero-order chi connectivity index (χ0) is 18.5. The molecule has 2 aromatic rings. The summed E-state index contributed by atoms with van der Waals surface area (Å²) in [4.78, 5) is 0. The fraction of sp³-hybridized carbons (Fsp3) is 0.478. The topological polar surface area (TPSA) is 33.3 Å². The van der Waals surface area contributed by atoms with Crippen LogP contribution in [0, 0.1) is 0 Å². The highest BCUT2D eigenvalue weighted by atomic mass is 35.5. The van der Waals surface area contributed by atoms with E-state index in [2.05, 4.69) is 41.0 Å². The van der Waals surface area contributed by atoms with E-state index in [9.17, 15) is 0 Å². The molecule has 0 amide bonds. The molecular formula is C23H29ClN2O. The zero-order valence-corrected chi connectivity index (χ0v) is 16.7. The molecule has 0 radical (unpaired) electrons. The highest BCUT2D eigenvalue weighted by molar-refractivity contribution is 6.33. The Labute approximate surface area is 167 Å². The summed E-state index contributed by atoms with van der Waals surface area (Å²) in [5, 5.41) is 7.87. The second-order valence-corrected chi connectivity index (χ2v) is 8.09. The third kappa shape index (κ3) is 4.77. The molecule has 4 rings (SSSR count). The molecule has 1 fully saturated rings. The molecule has 1 aliphatic carbocycles. The maximum absolute atomic E-state index is 6.51. The van der Waals surface area contributed by atoms with Crippen molar-refractivity contribution in [3.8, 4) is 5.75 Å². The first-order valence-corrected chi connectivity index (χ1v) is 10.7. The van der Waals surface area contributed by atoms with Gasteiger partial charge < -0.3 is 15.4 Å². The number of halogens is 1. The van der Waals surface area contributed by atoms with Crippen LogP contribution < -0.4 is 15.4 Å². The largest absolute Gasteiger partial charge is 0.490 e. The first-order chi connectivity index (χ1) is 13.3. The molecule has 0 spiro atoms. The van der Waals surface area contributed by atoms with Crippen LogP contribution in [0.3, 0.4) is 0 Å². The maximum atomic E-state index is 6.51. The van der Waals surface area contributed by atoms with Gasteiger partial charge in [0.15, 0.2) is 0 Å². The minimum atomic E-state index is 0.398. The lowest BCUT2D eigenvalue weighted by Gasteiger charge is -2.23. The average molecular weight is 385 g/mol. The van der Waals surface area contributed by atoms with Crippen LogP contribution in [0.25, 0.3) is 0 Å². The summed E-state index contributed by atoms with van der Waals surface area (Å²) in [5.41, 5.74) is 5.11. The van der Waals surface area contributed by atoms with E-state index >= 15 is 0 Å². The molecule has 0 unspecified atom stereocenters. The molecule has 4 heteroatoms. The smallest absolute Gasteiger partial charge is 0.119 e. The third-order valence-corrected chi connectivity index (χ3v) is 6.04. The molecular weight excluding hydrogens is 356 g/mol. The monoisotopic (exact) mass is 384 g/mol. The van der Waals surface area contributed by atoms with Crippen molar-refractivity contribution in [2.24, 2.45) is 0 Å².